The van der Waals surface area contributed by atoms with Gasteiger partial charge in [0.25, 0.3) is 0 Å². The first-order chi connectivity index (χ1) is 5.31. The van der Waals surface area contributed by atoms with Crippen molar-refractivity contribution in [3.05, 3.63) is 12.7 Å². The number of hydrogen-bond acceptors (Lipinski definition) is 2. The van der Waals surface area contributed by atoms with Crippen molar-refractivity contribution in [1.29, 1.82) is 0 Å². The van der Waals surface area contributed by atoms with Gasteiger partial charge in [0.05, 0.1) is 6.10 Å². The van der Waals surface area contributed by atoms with E-state index in [-0.39, 0.29) is 14.6 Å². The lowest BCUT2D eigenvalue weighted by atomic mass is 10.1. The zero-order chi connectivity index (χ0) is 8.53. The van der Waals surface area contributed by atoms with Crippen LogP contribution in [0.1, 0.15) is 25.7 Å². The van der Waals surface area contributed by atoms with Crippen LogP contribution in [0.5, 0.6) is 0 Å². The lowest BCUT2D eigenvalue weighted by Crippen LogP contribution is -2.03. The van der Waals surface area contributed by atoms with E-state index in [1.165, 1.54) is 0 Å². The van der Waals surface area contributed by atoms with Crippen molar-refractivity contribution < 1.29 is 9.67 Å². The summed E-state index contributed by atoms with van der Waals surface area (Å²) >= 11 is 0. The van der Waals surface area contributed by atoms with Gasteiger partial charge in [-0.2, -0.15) is 0 Å². The highest BCUT2D eigenvalue weighted by molar-refractivity contribution is 7.23. The van der Waals surface area contributed by atoms with Crippen LogP contribution >= 0.6 is 8.46 Å². The Hall–Kier alpha value is -0.200. The van der Waals surface area contributed by atoms with E-state index in [0.29, 0.717) is 12.6 Å². The minimum absolute atomic E-state index is 0.213. The molecule has 0 aliphatic carbocycles. The van der Waals surface area contributed by atoms with E-state index in [9.17, 15) is 9.67 Å². The molecule has 0 fully saturated rings. The molecule has 0 aromatic heterocycles. The van der Waals surface area contributed by atoms with E-state index in [1.54, 1.807) is 6.08 Å². The van der Waals surface area contributed by atoms with Crippen LogP contribution in [0.2, 0.25) is 0 Å². The Kier molecular flexibility index (Phi) is 7.76. The maximum atomic E-state index is 9.99. The summed E-state index contributed by atoms with van der Waals surface area (Å²) in [5.41, 5.74) is 0. The molecule has 0 aromatic rings. The fourth-order valence-corrected chi connectivity index (χ4v) is 1.22. The van der Waals surface area contributed by atoms with Gasteiger partial charge in [-0.25, -0.2) is 0 Å². The fourth-order valence-electron chi connectivity index (χ4n) is 0.867. The van der Waals surface area contributed by atoms with Crippen LogP contribution in [0, 0.1) is 0 Å². The first-order valence-electron chi connectivity index (χ1n) is 3.89. The third-order valence-electron chi connectivity index (χ3n) is 1.48. The van der Waals surface area contributed by atoms with Crippen molar-refractivity contribution >= 4 is 8.46 Å². The largest absolute Gasteiger partial charge is 0.393 e. The average Bonchev–Trinajstić information content (AvgIpc) is 1.99. The summed E-state index contributed by atoms with van der Waals surface area (Å²) in [7, 11) is 0.213. The Bertz CT molecular complexity index is 115. The van der Waals surface area contributed by atoms with Crippen molar-refractivity contribution in [1.82, 2.24) is 0 Å². The molecule has 0 amide bonds. The zero-order valence-corrected chi connectivity index (χ0v) is 7.59. The fraction of sp³-hybridized carbons (Fsp3) is 0.750. The molecule has 0 saturated carbocycles. The molecular formula is C8H15O2P. The van der Waals surface area contributed by atoms with Gasteiger partial charge >= 0.3 is 0 Å². The van der Waals surface area contributed by atoms with Gasteiger partial charge in [0.1, 0.15) is 0 Å². The normalized spacial score (nSPS) is 13.2. The molecule has 11 heavy (non-hydrogen) atoms. The lowest BCUT2D eigenvalue weighted by Gasteiger charge is -2.05. The minimum Gasteiger partial charge on any atom is -0.393 e. The summed E-state index contributed by atoms with van der Waals surface area (Å²) in [5, 5.41) is 9.20. The predicted molar refractivity (Wildman–Crippen MR) is 47.1 cm³/mol. The van der Waals surface area contributed by atoms with Crippen LogP contribution in [0.4, 0.5) is 0 Å². The second-order valence-corrected chi connectivity index (χ2v) is 3.23. The SMILES string of the molecule is C=CCC(O)CCCCP=O. The quantitative estimate of drug-likeness (QED) is 0.365. The van der Waals surface area contributed by atoms with E-state index in [4.69, 9.17) is 0 Å². The molecule has 0 aromatic carbocycles. The predicted octanol–water partition coefficient (Wildman–Crippen LogP) is 2.39. The van der Waals surface area contributed by atoms with Crippen LogP contribution in [0.15, 0.2) is 12.7 Å². The van der Waals surface area contributed by atoms with E-state index < -0.39 is 0 Å². The van der Waals surface area contributed by atoms with E-state index in [1.807, 2.05) is 0 Å². The Morgan fingerprint density at radius 2 is 2.27 bits per heavy atom. The zero-order valence-electron chi connectivity index (χ0n) is 6.70. The summed E-state index contributed by atoms with van der Waals surface area (Å²) in [6.45, 7) is 3.53. The first kappa shape index (κ1) is 10.8. The molecule has 1 unspecified atom stereocenters. The van der Waals surface area contributed by atoms with Crippen LogP contribution in [-0.4, -0.2) is 17.4 Å². The standard InChI is InChI=1S/C8H15O2P/c1-2-5-8(9)6-3-4-7-11-10/h2,8-9H,1,3-7H2. The third-order valence-corrected chi connectivity index (χ3v) is 1.97. The highest BCUT2D eigenvalue weighted by Crippen LogP contribution is 2.07. The summed E-state index contributed by atoms with van der Waals surface area (Å²) in [6, 6.07) is 0. The highest BCUT2D eigenvalue weighted by atomic mass is 31.1. The molecule has 3 heteroatoms. The minimum atomic E-state index is -0.254. The van der Waals surface area contributed by atoms with Crippen LogP contribution in [0.25, 0.3) is 0 Å². The molecule has 0 saturated heterocycles. The first-order valence-corrected chi connectivity index (χ1v) is 4.89. The smallest absolute Gasteiger partial charge is 0.155 e. The monoisotopic (exact) mass is 174 g/mol. The molecule has 0 spiro atoms. The molecule has 1 N–H and O–H groups in total. The number of hydrogen-bond donors (Lipinski definition) is 1. The average molecular weight is 174 g/mol. The molecule has 1 atom stereocenters. The molecule has 2 nitrogen and oxygen atoms in total. The molecule has 0 radical (unpaired) electrons. The number of aliphatic hydroxyl groups excluding tert-OH is 1. The van der Waals surface area contributed by atoms with Crippen molar-refractivity contribution in [2.45, 2.75) is 31.8 Å². The molecule has 0 rings (SSSR count). The second kappa shape index (κ2) is 7.90. The van der Waals surface area contributed by atoms with Gasteiger partial charge in [-0.1, -0.05) is 12.5 Å². The summed E-state index contributed by atoms with van der Waals surface area (Å²) in [6.07, 6.45) is 5.51. The molecular weight excluding hydrogens is 159 g/mol. The maximum absolute atomic E-state index is 9.99. The lowest BCUT2D eigenvalue weighted by molar-refractivity contribution is 0.165. The maximum Gasteiger partial charge on any atom is 0.155 e. The molecule has 0 bridgehead atoms. The number of rotatable bonds is 7. The van der Waals surface area contributed by atoms with E-state index >= 15 is 0 Å². The van der Waals surface area contributed by atoms with Crippen molar-refractivity contribution in [3.63, 3.8) is 0 Å². The molecule has 64 valence electrons. The second-order valence-electron chi connectivity index (χ2n) is 2.53. The van der Waals surface area contributed by atoms with Gasteiger partial charge in [-0.3, -0.25) is 4.57 Å². The Labute approximate surface area is 69.5 Å². The topological polar surface area (TPSA) is 37.3 Å². The molecule has 0 heterocycles. The molecule has 0 aliphatic heterocycles. The summed E-state index contributed by atoms with van der Waals surface area (Å²) in [4.78, 5) is 0. The van der Waals surface area contributed by atoms with Crippen molar-refractivity contribution in [2.24, 2.45) is 0 Å². The van der Waals surface area contributed by atoms with Gasteiger partial charge in [0, 0.05) is 6.16 Å². The van der Waals surface area contributed by atoms with Crippen LogP contribution in [0.3, 0.4) is 0 Å². The third kappa shape index (κ3) is 7.70. The Balaban J connectivity index is 3.09. The number of unbranched alkanes of at least 4 members (excludes halogenated alkanes) is 1. The van der Waals surface area contributed by atoms with Crippen LogP contribution < -0.4 is 0 Å². The van der Waals surface area contributed by atoms with Gasteiger partial charge in [0.15, 0.2) is 8.46 Å². The highest BCUT2D eigenvalue weighted by Gasteiger charge is 1.99. The molecule has 0 aliphatic rings. The van der Waals surface area contributed by atoms with Gasteiger partial charge in [-0.15, -0.1) is 6.58 Å². The van der Waals surface area contributed by atoms with E-state index in [2.05, 4.69) is 6.58 Å². The Morgan fingerprint density at radius 1 is 1.55 bits per heavy atom. The summed E-state index contributed by atoms with van der Waals surface area (Å²) < 4.78 is 9.99. The van der Waals surface area contributed by atoms with Crippen molar-refractivity contribution in [3.8, 4) is 0 Å². The number of aliphatic hydroxyl groups is 1. The van der Waals surface area contributed by atoms with Gasteiger partial charge in [-0.05, 0) is 19.3 Å². The summed E-state index contributed by atoms with van der Waals surface area (Å²) in [5.74, 6) is 0. The van der Waals surface area contributed by atoms with Gasteiger partial charge < -0.3 is 5.11 Å². The Morgan fingerprint density at radius 3 is 2.82 bits per heavy atom. The van der Waals surface area contributed by atoms with Gasteiger partial charge in [0.2, 0.25) is 0 Å². The van der Waals surface area contributed by atoms with E-state index in [0.717, 1.165) is 19.3 Å². The van der Waals surface area contributed by atoms with Crippen LogP contribution in [-0.2, 0) is 4.57 Å². The van der Waals surface area contributed by atoms with Crippen molar-refractivity contribution in [2.75, 3.05) is 6.16 Å².